The van der Waals surface area contributed by atoms with Crippen molar-refractivity contribution in [1.29, 1.82) is 0 Å². The molecule has 2 aliphatic heterocycles. The minimum atomic E-state index is -2.90. The third-order valence-electron chi connectivity index (χ3n) is 8.39. The van der Waals surface area contributed by atoms with E-state index in [9.17, 15) is 19.5 Å². The molecule has 0 unspecified atom stereocenters. The highest BCUT2D eigenvalue weighted by atomic mass is 28.4. The molecule has 0 radical (unpaired) electrons. The number of benzene rings is 3. The van der Waals surface area contributed by atoms with E-state index >= 15 is 0 Å². The maximum atomic E-state index is 14.4. The van der Waals surface area contributed by atoms with Crippen LogP contribution in [0, 0.1) is 5.92 Å². The van der Waals surface area contributed by atoms with Gasteiger partial charge in [0.2, 0.25) is 5.91 Å². The first kappa shape index (κ1) is 28.2. The number of para-hydroxylation sites is 1. The Hall–Kier alpha value is -3.30. The van der Waals surface area contributed by atoms with Crippen molar-refractivity contribution in [2.75, 3.05) is 18.1 Å². The largest absolute Gasteiger partial charge is 0.432 e. The van der Waals surface area contributed by atoms with E-state index in [4.69, 9.17) is 4.74 Å². The molecule has 8 heteroatoms. The number of amides is 2. The van der Waals surface area contributed by atoms with Crippen LogP contribution in [-0.4, -0.2) is 54.2 Å². The molecule has 5 rings (SSSR count). The second-order valence-electron chi connectivity index (χ2n) is 11.5. The molecule has 0 aliphatic carbocycles. The van der Waals surface area contributed by atoms with E-state index in [1.165, 1.54) is 0 Å². The number of ether oxygens (including phenoxy) is 1. The second kappa shape index (κ2) is 11.3. The predicted molar refractivity (Wildman–Crippen MR) is 157 cm³/mol. The van der Waals surface area contributed by atoms with Crippen molar-refractivity contribution in [2.24, 2.45) is 5.92 Å². The molecule has 1 fully saturated rings. The number of hydrogen-bond donors (Lipinski definition) is 2. The Kier molecular flexibility index (Phi) is 7.97. The monoisotopic (exact) mass is 558 g/mol. The van der Waals surface area contributed by atoms with Gasteiger partial charge in [-0.05, 0) is 30.3 Å². The van der Waals surface area contributed by atoms with Crippen LogP contribution in [0.2, 0.25) is 18.6 Å². The number of nitrogens with zero attached hydrogens (tertiary/aromatic N) is 2. The third kappa shape index (κ3) is 5.12. The molecule has 3 aromatic rings. The molecule has 2 N–H and O–H groups in total. The van der Waals surface area contributed by atoms with Crippen LogP contribution in [0.4, 0.5) is 5.69 Å². The van der Waals surface area contributed by atoms with Crippen molar-refractivity contribution in [3.63, 3.8) is 0 Å². The molecule has 2 heterocycles. The molecular weight excluding hydrogens is 520 g/mol. The van der Waals surface area contributed by atoms with Crippen LogP contribution in [-0.2, 0) is 33.0 Å². The number of hydrogen-bond acceptors (Lipinski definition) is 5. The third-order valence-corrected chi connectivity index (χ3v) is 10.9. The van der Waals surface area contributed by atoms with Crippen molar-refractivity contribution in [3.05, 3.63) is 102 Å². The molecule has 4 atom stereocenters. The highest BCUT2D eigenvalue weighted by Gasteiger charge is 2.66. The van der Waals surface area contributed by atoms with E-state index in [0.717, 1.165) is 22.4 Å². The normalized spacial score (nSPS) is 24.0. The molecule has 1 spiro atoms. The van der Waals surface area contributed by atoms with Gasteiger partial charge >= 0.3 is 0 Å². The van der Waals surface area contributed by atoms with Crippen molar-refractivity contribution in [1.82, 2.24) is 4.90 Å². The zero-order chi connectivity index (χ0) is 28.5. The Morgan fingerprint density at radius 3 is 2.20 bits per heavy atom. The van der Waals surface area contributed by atoms with E-state index in [1.54, 1.807) is 9.80 Å². The maximum Gasteiger partial charge on any atom is 0.264 e. The summed E-state index contributed by atoms with van der Waals surface area (Å²) in [5.74, 6) is -0.665. The fraction of sp³-hybridized carbons (Fsp3) is 0.375. The first-order valence-electron chi connectivity index (χ1n) is 13.9. The predicted octanol–water partition coefficient (Wildman–Crippen LogP) is 4.44. The molecule has 0 aromatic heterocycles. The van der Waals surface area contributed by atoms with Gasteiger partial charge < -0.3 is 24.4 Å². The second-order valence-corrected chi connectivity index (χ2v) is 15.5. The zero-order valence-corrected chi connectivity index (χ0v) is 24.4. The van der Waals surface area contributed by atoms with Crippen LogP contribution in [0.5, 0.6) is 0 Å². The van der Waals surface area contributed by atoms with Crippen LogP contribution in [0.15, 0.2) is 84.9 Å². The minimum absolute atomic E-state index is 0.0225. The summed E-state index contributed by atoms with van der Waals surface area (Å²) in [5.41, 5.74) is 1.93. The molecule has 7 nitrogen and oxygen atoms in total. The van der Waals surface area contributed by atoms with Gasteiger partial charge in [-0.2, -0.15) is 0 Å². The van der Waals surface area contributed by atoms with Crippen molar-refractivity contribution in [3.8, 4) is 0 Å². The molecule has 0 saturated carbocycles. The van der Waals surface area contributed by atoms with Crippen LogP contribution < -0.4 is 4.90 Å². The lowest BCUT2D eigenvalue weighted by molar-refractivity contribution is -0.150. The van der Waals surface area contributed by atoms with Gasteiger partial charge in [-0.1, -0.05) is 85.8 Å². The Bertz CT molecular complexity index is 1350. The molecule has 210 valence electrons. The SMILES string of the molecule is C[C@@H]1[C@@H]([Si](C)(C)O)[C@H](CC(=O)N(CCO)Cc2ccccc2)O[C@@]12C(=O)N(Cc1ccccc1)c1ccccc12. The van der Waals surface area contributed by atoms with Crippen LogP contribution >= 0.6 is 0 Å². The van der Waals surface area contributed by atoms with Gasteiger partial charge in [-0.25, -0.2) is 0 Å². The Balaban J connectivity index is 1.48. The summed E-state index contributed by atoms with van der Waals surface area (Å²) in [6, 6.07) is 27.2. The Morgan fingerprint density at radius 1 is 0.975 bits per heavy atom. The highest BCUT2D eigenvalue weighted by molar-refractivity contribution is 6.71. The van der Waals surface area contributed by atoms with Gasteiger partial charge in [-0.15, -0.1) is 0 Å². The van der Waals surface area contributed by atoms with Crippen molar-refractivity contribution in [2.45, 2.75) is 56.8 Å². The van der Waals surface area contributed by atoms with Crippen molar-refractivity contribution >= 4 is 25.8 Å². The lowest BCUT2D eigenvalue weighted by atomic mass is 9.82. The summed E-state index contributed by atoms with van der Waals surface area (Å²) in [4.78, 5) is 43.0. The van der Waals surface area contributed by atoms with E-state index in [-0.39, 0.29) is 42.8 Å². The molecular formula is C32H38N2O5Si. The number of fused-ring (bicyclic) bond motifs is 2. The number of aliphatic hydroxyl groups is 1. The first-order valence-corrected chi connectivity index (χ1v) is 17.0. The standard InChI is InChI=1S/C32H38N2O5Si/c1-23-30(40(2,3)38)28(20-29(36)33(18-19-35)21-24-12-6-4-7-13-24)39-32(23)26-16-10-11-17-27(26)34(31(32)37)22-25-14-8-5-9-15-25/h4-17,23,28,30,35,38H,18-22H2,1-3H3/t23-,28+,30-,32+/m1/s1. The van der Waals surface area contributed by atoms with Crippen molar-refractivity contribution < 1.29 is 24.2 Å². The quantitative estimate of drug-likeness (QED) is 0.379. The molecule has 2 amide bonds. The smallest absolute Gasteiger partial charge is 0.264 e. The summed E-state index contributed by atoms with van der Waals surface area (Å²) in [6.45, 7) is 6.51. The molecule has 1 saturated heterocycles. The average Bonchev–Trinajstić information content (AvgIpc) is 3.36. The molecule has 2 aliphatic rings. The first-order chi connectivity index (χ1) is 19.2. The topological polar surface area (TPSA) is 90.3 Å². The van der Waals surface area contributed by atoms with E-state index in [1.807, 2.05) is 105 Å². The number of aliphatic hydroxyl groups excluding tert-OH is 1. The van der Waals surface area contributed by atoms with E-state index in [0.29, 0.717) is 13.1 Å². The minimum Gasteiger partial charge on any atom is -0.432 e. The Morgan fingerprint density at radius 2 is 1.57 bits per heavy atom. The van der Waals surface area contributed by atoms with Crippen LogP contribution in [0.3, 0.4) is 0 Å². The summed E-state index contributed by atoms with van der Waals surface area (Å²) in [7, 11) is -2.90. The summed E-state index contributed by atoms with van der Waals surface area (Å²) >= 11 is 0. The van der Waals surface area contributed by atoms with Gasteiger partial charge in [-0.3, -0.25) is 9.59 Å². The van der Waals surface area contributed by atoms with E-state index in [2.05, 4.69) is 0 Å². The molecule has 40 heavy (non-hydrogen) atoms. The van der Waals surface area contributed by atoms with Crippen LogP contribution in [0.25, 0.3) is 0 Å². The van der Waals surface area contributed by atoms with Gasteiger partial charge in [0, 0.05) is 30.1 Å². The lowest BCUT2D eigenvalue weighted by Crippen LogP contribution is -2.46. The van der Waals surface area contributed by atoms with Crippen LogP contribution in [0.1, 0.15) is 30.0 Å². The van der Waals surface area contributed by atoms with Gasteiger partial charge in [0.05, 0.1) is 31.4 Å². The van der Waals surface area contributed by atoms with E-state index < -0.39 is 20.0 Å². The number of carbonyl (C=O) groups excluding carboxylic acids is 2. The lowest BCUT2D eigenvalue weighted by Gasteiger charge is -2.32. The average molecular weight is 559 g/mol. The highest BCUT2D eigenvalue weighted by Crippen LogP contribution is 2.59. The molecule has 0 bridgehead atoms. The summed E-state index contributed by atoms with van der Waals surface area (Å²) < 4.78 is 6.79. The zero-order valence-electron chi connectivity index (χ0n) is 23.4. The fourth-order valence-corrected chi connectivity index (χ4v) is 9.23. The van der Waals surface area contributed by atoms with Gasteiger partial charge in [0.1, 0.15) is 0 Å². The maximum absolute atomic E-state index is 14.4. The number of anilines is 1. The summed E-state index contributed by atoms with van der Waals surface area (Å²) in [6.07, 6.45) is -0.617. The number of carbonyl (C=O) groups is 2. The number of rotatable bonds is 9. The fourth-order valence-electron chi connectivity index (χ4n) is 6.67. The van der Waals surface area contributed by atoms with Gasteiger partial charge in [0.25, 0.3) is 5.91 Å². The summed E-state index contributed by atoms with van der Waals surface area (Å²) in [5, 5.41) is 9.70. The molecule has 3 aromatic carbocycles. The Labute approximate surface area is 237 Å². The van der Waals surface area contributed by atoms with Gasteiger partial charge in [0.15, 0.2) is 13.9 Å².